The Morgan fingerprint density at radius 2 is 1.85 bits per heavy atom. The van der Waals surface area contributed by atoms with Gasteiger partial charge in [0.05, 0.1) is 17.6 Å². The van der Waals surface area contributed by atoms with E-state index >= 15 is 0 Å². The maximum absolute atomic E-state index is 12.1. The number of ether oxygens (including phenoxy) is 1. The van der Waals surface area contributed by atoms with Gasteiger partial charge >= 0.3 is 5.97 Å². The van der Waals surface area contributed by atoms with Crippen LogP contribution in [0.3, 0.4) is 0 Å². The van der Waals surface area contributed by atoms with Gasteiger partial charge in [0.15, 0.2) is 9.84 Å². The summed E-state index contributed by atoms with van der Waals surface area (Å²) >= 11 is 0. The number of rotatable bonds is 3. The lowest BCUT2D eigenvalue weighted by Crippen LogP contribution is -2.13. The van der Waals surface area contributed by atoms with Crippen LogP contribution in [0.1, 0.15) is 53.1 Å². The molecule has 0 N–H and O–H groups in total. The van der Waals surface area contributed by atoms with Crippen LogP contribution in [0.2, 0.25) is 0 Å². The van der Waals surface area contributed by atoms with E-state index < -0.39 is 15.8 Å². The zero-order chi connectivity index (χ0) is 14.9. The molecule has 2 rings (SSSR count). The van der Waals surface area contributed by atoms with Crippen LogP contribution < -0.4 is 0 Å². The summed E-state index contributed by atoms with van der Waals surface area (Å²) in [4.78, 5) is 12.0. The summed E-state index contributed by atoms with van der Waals surface area (Å²) in [6.07, 6.45) is 5.49. The van der Waals surface area contributed by atoms with Gasteiger partial charge < -0.3 is 4.74 Å². The molecule has 0 atom stereocenters. The Balaban J connectivity index is 2.65. The lowest BCUT2D eigenvalue weighted by atomic mass is 9.94. The van der Waals surface area contributed by atoms with Crippen molar-refractivity contribution in [3.63, 3.8) is 0 Å². The standard InChI is InChI=1S/C15H20O4S/c1-10-12(15(16)19-2)8-9-13(11-6-4-5-7-11)14(10)20(3,17)18/h8-9,11H,4-7H2,1-3H3. The van der Waals surface area contributed by atoms with Crippen molar-refractivity contribution in [1.29, 1.82) is 0 Å². The van der Waals surface area contributed by atoms with Crippen LogP contribution in [-0.2, 0) is 14.6 Å². The van der Waals surface area contributed by atoms with Crippen LogP contribution in [0.25, 0.3) is 0 Å². The molecular weight excluding hydrogens is 276 g/mol. The Bertz CT molecular complexity index is 626. The molecule has 1 aromatic carbocycles. The lowest BCUT2D eigenvalue weighted by molar-refractivity contribution is 0.0599. The number of esters is 1. The van der Waals surface area contributed by atoms with Gasteiger partial charge in [0.2, 0.25) is 0 Å². The van der Waals surface area contributed by atoms with Crippen molar-refractivity contribution >= 4 is 15.8 Å². The summed E-state index contributed by atoms with van der Waals surface area (Å²) in [6.45, 7) is 1.68. The third-order valence-corrected chi connectivity index (χ3v) is 5.29. The second-order valence-corrected chi connectivity index (χ2v) is 7.35. The van der Waals surface area contributed by atoms with E-state index in [1.54, 1.807) is 19.1 Å². The van der Waals surface area contributed by atoms with Gasteiger partial charge in [0.1, 0.15) is 0 Å². The molecule has 0 amide bonds. The van der Waals surface area contributed by atoms with Crippen molar-refractivity contribution in [1.82, 2.24) is 0 Å². The Kier molecular flexibility index (Phi) is 4.18. The Labute approximate surface area is 120 Å². The second-order valence-electron chi connectivity index (χ2n) is 5.40. The van der Waals surface area contributed by atoms with Crippen LogP contribution in [0.15, 0.2) is 17.0 Å². The topological polar surface area (TPSA) is 60.4 Å². The predicted molar refractivity (Wildman–Crippen MR) is 76.8 cm³/mol. The van der Waals surface area contributed by atoms with E-state index in [1.165, 1.54) is 13.4 Å². The first-order valence-corrected chi connectivity index (χ1v) is 8.67. The van der Waals surface area contributed by atoms with Crippen molar-refractivity contribution < 1.29 is 17.9 Å². The Morgan fingerprint density at radius 3 is 2.35 bits per heavy atom. The first kappa shape index (κ1) is 15.0. The van der Waals surface area contributed by atoms with E-state index in [0.29, 0.717) is 16.0 Å². The molecule has 110 valence electrons. The van der Waals surface area contributed by atoms with Crippen LogP contribution in [0, 0.1) is 6.92 Å². The highest BCUT2D eigenvalue weighted by atomic mass is 32.2. The lowest BCUT2D eigenvalue weighted by Gasteiger charge is -2.18. The van der Waals surface area contributed by atoms with Crippen molar-refractivity contribution in [3.8, 4) is 0 Å². The zero-order valence-electron chi connectivity index (χ0n) is 12.1. The van der Waals surface area contributed by atoms with E-state index in [1.807, 2.05) is 0 Å². The molecule has 1 aliphatic carbocycles. The van der Waals surface area contributed by atoms with Gasteiger partial charge in [-0.2, -0.15) is 0 Å². The van der Waals surface area contributed by atoms with Gasteiger partial charge in [0, 0.05) is 6.26 Å². The molecular formula is C15H20O4S. The van der Waals surface area contributed by atoms with Gasteiger partial charge in [-0.3, -0.25) is 0 Å². The average Bonchev–Trinajstić information content (AvgIpc) is 2.89. The highest BCUT2D eigenvalue weighted by Crippen LogP contribution is 2.39. The summed E-state index contributed by atoms with van der Waals surface area (Å²) in [5, 5.41) is 0. The summed E-state index contributed by atoms with van der Waals surface area (Å²) < 4.78 is 29.0. The van der Waals surface area contributed by atoms with Crippen molar-refractivity contribution in [2.24, 2.45) is 0 Å². The molecule has 0 saturated heterocycles. The SMILES string of the molecule is COC(=O)c1ccc(C2CCCC2)c(S(C)(=O)=O)c1C. The molecule has 0 unspecified atom stereocenters. The fourth-order valence-electron chi connectivity index (χ4n) is 3.09. The fourth-order valence-corrected chi connectivity index (χ4v) is 4.42. The molecule has 5 heteroatoms. The number of hydrogen-bond donors (Lipinski definition) is 0. The molecule has 0 radical (unpaired) electrons. The zero-order valence-corrected chi connectivity index (χ0v) is 12.9. The fraction of sp³-hybridized carbons (Fsp3) is 0.533. The summed E-state index contributed by atoms with van der Waals surface area (Å²) in [5.74, 6) is -0.213. The smallest absolute Gasteiger partial charge is 0.338 e. The summed E-state index contributed by atoms with van der Waals surface area (Å²) in [5.41, 5.74) is 1.69. The van der Waals surface area contributed by atoms with E-state index in [2.05, 4.69) is 0 Å². The van der Waals surface area contributed by atoms with E-state index in [0.717, 1.165) is 31.2 Å². The molecule has 20 heavy (non-hydrogen) atoms. The molecule has 4 nitrogen and oxygen atoms in total. The monoisotopic (exact) mass is 296 g/mol. The molecule has 1 fully saturated rings. The van der Waals surface area contributed by atoms with Crippen molar-refractivity contribution in [2.75, 3.05) is 13.4 Å². The van der Waals surface area contributed by atoms with E-state index in [9.17, 15) is 13.2 Å². The number of sulfone groups is 1. The minimum Gasteiger partial charge on any atom is -0.465 e. The summed E-state index contributed by atoms with van der Waals surface area (Å²) in [6, 6.07) is 3.47. The van der Waals surface area contributed by atoms with Gasteiger partial charge in [-0.05, 0) is 42.9 Å². The maximum Gasteiger partial charge on any atom is 0.338 e. The predicted octanol–water partition coefficient (Wildman–Crippen LogP) is 2.84. The minimum atomic E-state index is -3.37. The number of hydrogen-bond acceptors (Lipinski definition) is 4. The van der Waals surface area contributed by atoms with Crippen molar-refractivity contribution in [3.05, 3.63) is 28.8 Å². The third kappa shape index (κ3) is 2.73. The molecule has 1 aliphatic rings. The molecule has 0 bridgehead atoms. The minimum absolute atomic E-state index is 0.283. The molecule has 1 aromatic rings. The number of methoxy groups -OCH3 is 1. The maximum atomic E-state index is 12.1. The van der Waals surface area contributed by atoms with E-state index in [4.69, 9.17) is 4.74 Å². The number of carbonyl (C=O) groups excluding carboxylic acids is 1. The molecule has 1 saturated carbocycles. The van der Waals surface area contributed by atoms with E-state index in [-0.39, 0.29) is 5.92 Å². The first-order chi connectivity index (χ1) is 9.36. The van der Waals surface area contributed by atoms with Crippen LogP contribution in [0.4, 0.5) is 0 Å². The Hall–Kier alpha value is -1.36. The second kappa shape index (κ2) is 5.56. The largest absolute Gasteiger partial charge is 0.465 e. The number of carbonyl (C=O) groups is 1. The van der Waals surface area contributed by atoms with Crippen LogP contribution in [0.5, 0.6) is 0 Å². The highest BCUT2D eigenvalue weighted by Gasteiger charge is 2.27. The Morgan fingerprint density at radius 1 is 1.25 bits per heavy atom. The van der Waals surface area contributed by atoms with Gasteiger partial charge in [-0.1, -0.05) is 18.9 Å². The van der Waals surface area contributed by atoms with Crippen LogP contribution in [-0.4, -0.2) is 27.8 Å². The highest BCUT2D eigenvalue weighted by molar-refractivity contribution is 7.90. The number of benzene rings is 1. The van der Waals surface area contributed by atoms with Gasteiger partial charge in [-0.25, -0.2) is 13.2 Å². The molecule has 0 aromatic heterocycles. The molecule has 0 aliphatic heterocycles. The molecule has 0 heterocycles. The normalized spacial score (nSPS) is 16.4. The third-order valence-electron chi connectivity index (χ3n) is 4.01. The quantitative estimate of drug-likeness (QED) is 0.805. The van der Waals surface area contributed by atoms with Gasteiger partial charge in [0.25, 0.3) is 0 Å². The average molecular weight is 296 g/mol. The van der Waals surface area contributed by atoms with Crippen LogP contribution >= 0.6 is 0 Å². The molecule has 0 spiro atoms. The summed E-state index contributed by atoms with van der Waals surface area (Å²) in [7, 11) is -2.08. The van der Waals surface area contributed by atoms with Crippen molar-refractivity contribution in [2.45, 2.75) is 43.4 Å². The van der Waals surface area contributed by atoms with Gasteiger partial charge in [-0.15, -0.1) is 0 Å². The first-order valence-electron chi connectivity index (χ1n) is 6.78.